The molecule has 0 saturated carbocycles. The number of ketones is 1. The zero-order valence-corrected chi connectivity index (χ0v) is 11.3. The SMILES string of the molecule is CC(C)(C)OC(=O)CC(=O)C1CCC(C)(C)O1. The van der Waals surface area contributed by atoms with Crippen LogP contribution in [0.2, 0.25) is 0 Å². The first-order chi connectivity index (χ1) is 7.59. The monoisotopic (exact) mass is 242 g/mol. The van der Waals surface area contributed by atoms with Crippen LogP contribution in [-0.4, -0.2) is 29.1 Å². The largest absolute Gasteiger partial charge is 0.460 e. The predicted octanol–water partition coefficient (Wildman–Crippen LogP) is 2.24. The van der Waals surface area contributed by atoms with Gasteiger partial charge in [0.25, 0.3) is 0 Å². The molecule has 1 heterocycles. The van der Waals surface area contributed by atoms with Crippen molar-refractivity contribution < 1.29 is 19.1 Å². The van der Waals surface area contributed by atoms with E-state index in [-0.39, 0.29) is 17.8 Å². The van der Waals surface area contributed by atoms with Crippen molar-refractivity contribution in [1.29, 1.82) is 0 Å². The van der Waals surface area contributed by atoms with E-state index in [1.165, 1.54) is 0 Å². The Hall–Kier alpha value is -0.900. The van der Waals surface area contributed by atoms with Crippen molar-refractivity contribution in [3.8, 4) is 0 Å². The number of carbonyl (C=O) groups is 2. The highest BCUT2D eigenvalue weighted by atomic mass is 16.6. The second-order valence-electron chi connectivity index (χ2n) is 6.13. The quantitative estimate of drug-likeness (QED) is 0.562. The summed E-state index contributed by atoms with van der Waals surface area (Å²) in [6.07, 6.45) is 0.891. The van der Waals surface area contributed by atoms with E-state index >= 15 is 0 Å². The molecule has 0 aliphatic carbocycles. The number of ether oxygens (including phenoxy) is 2. The Balaban J connectivity index is 2.43. The normalized spacial score (nSPS) is 23.5. The van der Waals surface area contributed by atoms with Gasteiger partial charge in [0.1, 0.15) is 18.1 Å². The molecule has 1 rings (SSSR count). The van der Waals surface area contributed by atoms with Gasteiger partial charge in [-0.15, -0.1) is 0 Å². The van der Waals surface area contributed by atoms with Gasteiger partial charge in [0.2, 0.25) is 0 Å². The molecule has 4 heteroatoms. The zero-order chi connectivity index (χ0) is 13.3. The fraction of sp³-hybridized carbons (Fsp3) is 0.846. The van der Waals surface area contributed by atoms with Gasteiger partial charge >= 0.3 is 5.97 Å². The van der Waals surface area contributed by atoms with E-state index in [1.807, 2.05) is 13.8 Å². The highest BCUT2D eigenvalue weighted by Gasteiger charge is 2.36. The van der Waals surface area contributed by atoms with Gasteiger partial charge in [-0.05, 0) is 47.5 Å². The minimum atomic E-state index is -0.548. The van der Waals surface area contributed by atoms with Crippen LogP contribution in [0.25, 0.3) is 0 Å². The third-order valence-corrected chi connectivity index (χ3v) is 2.57. The Morgan fingerprint density at radius 3 is 2.35 bits per heavy atom. The third kappa shape index (κ3) is 4.86. The van der Waals surface area contributed by atoms with Gasteiger partial charge in [0, 0.05) is 0 Å². The minimum absolute atomic E-state index is 0.176. The zero-order valence-electron chi connectivity index (χ0n) is 11.3. The molecule has 1 fully saturated rings. The molecule has 1 aliphatic rings. The Morgan fingerprint density at radius 1 is 1.35 bits per heavy atom. The van der Waals surface area contributed by atoms with Crippen molar-refractivity contribution in [3.63, 3.8) is 0 Å². The molecular weight excluding hydrogens is 220 g/mol. The van der Waals surface area contributed by atoms with Crippen molar-refractivity contribution in [2.75, 3.05) is 0 Å². The highest BCUT2D eigenvalue weighted by Crippen LogP contribution is 2.30. The van der Waals surface area contributed by atoms with Crippen LogP contribution in [0.1, 0.15) is 53.9 Å². The van der Waals surface area contributed by atoms with Gasteiger partial charge in [-0.3, -0.25) is 9.59 Å². The van der Waals surface area contributed by atoms with E-state index in [1.54, 1.807) is 20.8 Å². The summed E-state index contributed by atoms with van der Waals surface area (Å²) < 4.78 is 10.7. The molecule has 0 N–H and O–H groups in total. The average Bonchev–Trinajstić information content (AvgIpc) is 2.42. The van der Waals surface area contributed by atoms with Gasteiger partial charge in [0.05, 0.1) is 5.60 Å². The molecule has 0 bridgehead atoms. The maximum Gasteiger partial charge on any atom is 0.313 e. The first-order valence-corrected chi connectivity index (χ1v) is 6.01. The number of carbonyl (C=O) groups excluding carboxylic acids is 2. The number of hydrogen-bond acceptors (Lipinski definition) is 4. The van der Waals surface area contributed by atoms with E-state index in [9.17, 15) is 9.59 Å². The predicted molar refractivity (Wildman–Crippen MR) is 63.7 cm³/mol. The van der Waals surface area contributed by atoms with Crippen LogP contribution >= 0.6 is 0 Å². The molecule has 0 aromatic rings. The van der Waals surface area contributed by atoms with Crippen LogP contribution in [0, 0.1) is 0 Å². The second-order valence-corrected chi connectivity index (χ2v) is 6.13. The van der Waals surface area contributed by atoms with Crippen LogP contribution < -0.4 is 0 Å². The van der Waals surface area contributed by atoms with Crippen molar-refractivity contribution in [2.24, 2.45) is 0 Å². The fourth-order valence-corrected chi connectivity index (χ4v) is 1.84. The van der Waals surface area contributed by atoms with Crippen molar-refractivity contribution in [1.82, 2.24) is 0 Å². The van der Waals surface area contributed by atoms with Gasteiger partial charge in [-0.1, -0.05) is 0 Å². The topological polar surface area (TPSA) is 52.6 Å². The maximum atomic E-state index is 11.8. The minimum Gasteiger partial charge on any atom is -0.460 e. The molecule has 0 amide bonds. The van der Waals surface area contributed by atoms with Gasteiger partial charge in [-0.25, -0.2) is 0 Å². The number of rotatable bonds is 3. The Bertz CT molecular complexity index is 312. The standard InChI is InChI=1S/C13H22O4/c1-12(2,3)17-11(15)8-9(14)10-6-7-13(4,5)16-10/h10H,6-8H2,1-5H3. The van der Waals surface area contributed by atoms with Gasteiger partial charge < -0.3 is 9.47 Å². The third-order valence-electron chi connectivity index (χ3n) is 2.57. The van der Waals surface area contributed by atoms with Gasteiger partial charge in [0.15, 0.2) is 5.78 Å². The van der Waals surface area contributed by atoms with E-state index in [0.717, 1.165) is 6.42 Å². The molecule has 1 unspecified atom stereocenters. The lowest BCUT2D eigenvalue weighted by molar-refractivity contribution is -0.158. The lowest BCUT2D eigenvalue weighted by Crippen LogP contribution is -2.30. The summed E-state index contributed by atoms with van der Waals surface area (Å²) in [5.41, 5.74) is -0.804. The molecule has 0 spiro atoms. The summed E-state index contributed by atoms with van der Waals surface area (Å²) >= 11 is 0. The summed E-state index contributed by atoms with van der Waals surface area (Å²) in [7, 11) is 0. The molecular formula is C13H22O4. The number of hydrogen-bond donors (Lipinski definition) is 0. The van der Waals surface area contributed by atoms with E-state index in [4.69, 9.17) is 9.47 Å². The summed E-state index contributed by atoms with van der Waals surface area (Å²) in [6.45, 7) is 9.25. The maximum absolute atomic E-state index is 11.8. The molecule has 1 saturated heterocycles. The molecule has 4 nitrogen and oxygen atoms in total. The highest BCUT2D eigenvalue weighted by molar-refractivity contribution is 5.98. The molecule has 0 radical (unpaired) electrons. The lowest BCUT2D eigenvalue weighted by atomic mass is 10.0. The first kappa shape index (κ1) is 14.2. The lowest BCUT2D eigenvalue weighted by Gasteiger charge is -2.21. The van der Waals surface area contributed by atoms with Crippen molar-refractivity contribution in [2.45, 2.75) is 71.2 Å². The van der Waals surface area contributed by atoms with E-state index < -0.39 is 17.7 Å². The summed E-state index contributed by atoms with van der Waals surface area (Å²) in [6, 6.07) is 0. The van der Waals surface area contributed by atoms with Crippen LogP contribution in [-0.2, 0) is 19.1 Å². The van der Waals surface area contributed by atoms with E-state index in [0.29, 0.717) is 6.42 Å². The second kappa shape index (κ2) is 4.77. The Morgan fingerprint density at radius 2 is 1.94 bits per heavy atom. The van der Waals surface area contributed by atoms with Crippen LogP contribution in [0.4, 0.5) is 0 Å². The molecule has 0 aromatic carbocycles. The Labute approximate surface area is 103 Å². The van der Waals surface area contributed by atoms with E-state index in [2.05, 4.69) is 0 Å². The number of esters is 1. The average molecular weight is 242 g/mol. The molecule has 0 aromatic heterocycles. The molecule has 17 heavy (non-hydrogen) atoms. The Kier molecular flexibility index (Phi) is 3.97. The summed E-state index contributed by atoms with van der Waals surface area (Å²) in [5.74, 6) is -0.652. The first-order valence-electron chi connectivity index (χ1n) is 6.01. The van der Waals surface area contributed by atoms with Crippen LogP contribution in [0.5, 0.6) is 0 Å². The van der Waals surface area contributed by atoms with Crippen molar-refractivity contribution >= 4 is 11.8 Å². The summed E-state index contributed by atoms with van der Waals surface area (Å²) in [5, 5.41) is 0. The smallest absolute Gasteiger partial charge is 0.313 e. The van der Waals surface area contributed by atoms with Crippen LogP contribution in [0.3, 0.4) is 0 Å². The van der Waals surface area contributed by atoms with Crippen molar-refractivity contribution in [3.05, 3.63) is 0 Å². The van der Waals surface area contributed by atoms with Crippen LogP contribution in [0.15, 0.2) is 0 Å². The summed E-state index contributed by atoms with van der Waals surface area (Å²) in [4.78, 5) is 23.3. The molecule has 1 atom stereocenters. The van der Waals surface area contributed by atoms with Gasteiger partial charge in [-0.2, -0.15) is 0 Å². The molecule has 1 aliphatic heterocycles. The molecule has 98 valence electrons. The number of Topliss-reactive ketones (excluding diaryl/α,β-unsaturated/α-hetero) is 1. The fourth-order valence-electron chi connectivity index (χ4n) is 1.84.